The molecule has 1 atom stereocenters. The summed E-state index contributed by atoms with van der Waals surface area (Å²) in [6, 6.07) is 8.70. The second-order valence-electron chi connectivity index (χ2n) is 7.58. The van der Waals surface area contributed by atoms with Crippen LogP contribution in [0, 0.1) is 13.8 Å². The predicted octanol–water partition coefficient (Wildman–Crippen LogP) is 4.43. The van der Waals surface area contributed by atoms with Crippen LogP contribution in [0.2, 0.25) is 0 Å². The molecule has 1 unspecified atom stereocenters. The second kappa shape index (κ2) is 7.50. The number of rotatable bonds is 4. The molecular formula is C21H26N4OS. The largest absolute Gasteiger partial charge is 0.352 e. The molecule has 27 heavy (non-hydrogen) atoms. The molecule has 1 aliphatic carbocycles. The van der Waals surface area contributed by atoms with Gasteiger partial charge in [0.15, 0.2) is 10.8 Å². The number of pyridine rings is 1. The summed E-state index contributed by atoms with van der Waals surface area (Å²) in [5.41, 5.74) is 4.33. The van der Waals surface area contributed by atoms with Crippen LogP contribution < -0.4 is 5.32 Å². The van der Waals surface area contributed by atoms with Crippen LogP contribution in [0.3, 0.4) is 0 Å². The van der Waals surface area contributed by atoms with Crippen molar-refractivity contribution in [1.29, 1.82) is 0 Å². The number of carbonyl (C=O) groups excluding carboxylic acids is 1. The second-order valence-corrected chi connectivity index (χ2v) is 8.89. The summed E-state index contributed by atoms with van der Waals surface area (Å²) in [7, 11) is 0. The van der Waals surface area contributed by atoms with Gasteiger partial charge in [0.05, 0.1) is 10.8 Å². The molecule has 0 aliphatic heterocycles. The Morgan fingerprint density at radius 3 is 2.74 bits per heavy atom. The number of fused-ring (bicyclic) bond motifs is 3. The van der Waals surface area contributed by atoms with E-state index in [1.165, 1.54) is 47.5 Å². The number of thioether (sulfide) groups is 1. The fourth-order valence-corrected chi connectivity index (χ4v) is 4.85. The van der Waals surface area contributed by atoms with Crippen LogP contribution >= 0.6 is 11.8 Å². The van der Waals surface area contributed by atoms with E-state index in [0.717, 1.165) is 29.2 Å². The third kappa shape index (κ3) is 3.55. The molecule has 5 nitrogen and oxygen atoms in total. The number of aromatic nitrogens is 3. The minimum Gasteiger partial charge on any atom is -0.352 e. The fourth-order valence-electron chi connectivity index (χ4n) is 3.98. The summed E-state index contributed by atoms with van der Waals surface area (Å²) in [6.07, 6.45) is 5.91. The van der Waals surface area contributed by atoms with Crippen LogP contribution in [0.15, 0.2) is 29.4 Å². The van der Waals surface area contributed by atoms with Crippen molar-refractivity contribution in [3.8, 4) is 0 Å². The van der Waals surface area contributed by atoms with Crippen LogP contribution in [0.4, 0.5) is 0 Å². The van der Waals surface area contributed by atoms with Crippen molar-refractivity contribution in [2.75, 3.05) is 0 Å². The van der Waals surface area contributed by atoms with Gasteiger partial charge < -0.3 is 5.32 Å². The summed E-state index contributed by atoms with van der Waals surface area (Å²) < 4.78 is 2.09. The van der Waals surface area contributed by atoms with E-state index in [9.17, 15) is 4.79 Å². The van der Waals surface area contributed by atoms with E-state index < -0.39 is 0 Å². The number of para-hydroxylation sites is 1. The van der Waals surface area contributed by atoms with Crippen molar-refractivity contribution in [2.45, 2.75) is 69.3 Å². The molecule has 142 valence electrons. The van der Waals surface area contributed by atoms with E-state index in [1.807, 2.05) is 6.92 Å². The Hall–Kier alpha value is -2.08. The minimum absolute atomic E-state index is 0.0942. The third-order valence-corrected chi connectivity index (χ3v) is 6.54. The molecule has 0 radical (unpaired) electrons. The Kier molecular flexibility index (Phi) is 5.08. The molecule has 4 rings (SSSR count). The number of aryl methyl sites for hydroxylation is 2. The number of hydrogen-bond acceptors (Lipinski definition) is 4. The maximum absolute atomic E-state index is 12.7. The van der Waals surface area contributed by atoms with Crippen molar-refractivity contribution < 1.29 is 4.79 Å². The average molecular weight is 383 g/mol. The van der Waals surface area contributed by atoms with E-state index in [0.29, 0.717) is 6.04 Å². The van der Waals surface area contributed by atoms with Gasteiger partial charge in [-0.25, -0.2) is 0 Å². The summed E-state index contributed by atoms with van der Waals surface area (Å²) in [4.78, 5) is 12.7. The zero-order valence-electron chi connectivity index (χ0n) is 16.2. The molecule has 1 amide bonds. The first-order chi connectivity index (χ1) is 13.0. The van der Waals surface area contributed by atoms with E-state index in [2.05, 4.69) is 58.0 Å². The summed E-state index contributed by atoms with van der Waals surface area (Å²) in [5.74, 6) is 0.0942. The SMILES string of the molecule is Cc1cc2nnc(SC(C)C(=O)NC3CCCCC3)n2c2c(C)cccc12. The topological polar surface area (TPSA) is 59.3 Å². The molecule has 1 fully saturated rings. The summed E-state index contributed by atoms with van der Waals surface area (Å²) in [5, 5.41) is 13.7. The normalized spacial score (nSPS) is 16.7. The number of nitrogens with zero attached hydrogens (tertiary/aromatic N) is 3. The van der Waals surface area contributed by atoms with Gasteiger partial charge in [0.1, 0.15) is 0 Å². The van der Waals surface area contributed by atoms with E-state index in [4.69, 9.17) is 0 Å². The van der Waals surface area contributed by atoms with Crippen molar-refractivity contribution >= 4 is 34.2 Å². The zero-order chi connectivity index (χ0) is 19.0. The lowest BCUT2D eigenvalue weighted by molar-refractivity contribution is -0.121. The van der Waals surface area contributed by atoms with Gasteiger partial charge in [-0.05, 0) is 50.8 Å². The van der Waals surface area contributed by atoms with Gasteiger partial charge in [0, 0.05) is 11.4 Å². The van der Waals surface area contributed by atoms with Gasteiger partial charge in [-0.1, -0.05) is 49.2 Å². The standard InChI is InChI=1S/C21H26N4OS/c1-13-8-7-11-17-14(2)12-18-23-24-21(25(18)19(13)17)27-15(3)20(26)22-16-9-5-4-6-10-16/h7-8,11-12,15-16H,4-6,9-10H2,1-3H3,(H,22,26). The van der Waals surface area contributed by atoms with Gasteiger partial charge in [-0.3, -0.25) is 9.20 Å². The van der Waals surface area contributed by atoms with Crippen LogP contribution in [-0.2, 0) is 4.79 Å². The van der Waals surface area contributed by atoms with Crippen molar-refractivity contribution in [1.82, 2.24) is 19.9 Å². The number of carbonyl (C=O) groups is 1. The Morgan fingerprint density at radius 1 is 1.19 bits per heavy atom. The lowest BCUT2D eigenvalue weighted by Gasteiger charge is -2.24. The van der Waals surface area contributed by atoms with Gasteiger partial charge >= 0.3 is 0 Å². The summed E-state index contributed by atoms with van der Waals surface area (Å²) in [6.45, 7) is 6.16. The third-order valence-electron chi connectivity index (χ3n) is 5.49. The summed E-state index contributed by atoms with van der Waals surface area (Å²) >= 11 is 1.48. The predicted molar refractivity (Wildman–Crippen MR) is 110 cm³/mol. The van der Waals surface area contributed by atoms with Gasteiger partial charge in [-0.2, -0.15) is 0 Å². The first kappa shape index (κ1) is 18.3. The smallest absolute Gasteiger partial charge is 0.233 e. The number of amides is 1. The molecule has 0 spiro atoms. The number of nitrogens with one attached hydrogen (secondary N) is 1. The number of hydrogen-bond donors (Lipinski definition) is 1. The van der Waals surface area contributed by atoms with Crippen LogP contribution in [0.25, 0.3) is 16.6 Å². The molecule has 0 saturated heterocycles. The van der Waals surface area contributed by atoms with E-state index in [-0.39, 0.29) is 11.2 Å². The first-order valence-electron chi connectivity index (χ1n) is 9.75. The van der Waals surface area contributed by atoms with Gasteiger partial charge in [0.2, 0.25) is 5.91 Å². The molecule has 1 N–H and O–H groups in total. The molecule has 1 aliphatic rings. The van der Waals surface area contributed by atoms with Crippen LogP contribution in [0.1, 0.15) is 50.2 Å². The van der Waals surface area contributed by atoms with E-state index in [1.54, 1.807) is 0 Å². The first-order valence-corrected chi connectivity index (χ1v) is 10.6. The van der Waals surface area contributed by atoms with E-state index >= 15 is 0 Å². The maximum Gasteiger partial charge on any atom is 0.233 e. The molecule has 1 aromatic carbocycles. The monoisotopic (exact) mass is 382 g/mol. The van der Waals surface area contributed by atoms with Gasteiger partial charge in [-0.15, -0.1) is 10.2 Å². The maximum atomic E-state index is 12.7. The quantitative estimate of drug-likeness (QED) is 0.678. The van der Waals surface area contributed by atoms with Crippen molar-refractivity contribution in [3.05, 3.63) is 35.4 Å². The molecular weight excluding hydrogens is 356 g/mol. The van der Waals surface area contributed by atoms with Gasteiger partial charge in [0.25, 0.3) is 0 Å². The van der Waals surface area contributed by atoms with Crippen LogP contribution in [0.5, 0.6) is 0 Å². The lowest BCUT2D eigenvalue weighted by atomic mass is 9.95. The molecule has 2 aromatic heterocycles. The average Bonchev–Trinajstić information content (AvgIpc) is 3.05. The number of benzene rings is 1. The lowest BCUT2D eigenvalue weighted by Crippen LogP contribution is -2.40. The van der Waals surface area contributed by atoms with Crippen LogP contribution in [-0.4, -0.2) is 31.8 Å². The Labute approximate surface area is 163 Å². The van der Waals surface area contributed by atoms with Crippen molar-refractivity contribution in [2.24, 2.45) is 0 Å². The Morgan fingerprint density at radius 2 is 1.96 bits per heavy atom. The highest BCUT2D eigenvalue weighted by Gasteiger charge is 2.23. The molecule has 6 heteroatoms. The zero-order valence-corrected chi connectivity index (χ0v) is 17.0. The molecule has 2 heterocycles. The highest BCUT2D eigenvalue weighted by Crippen LogP contribution is 2.30. The molecule has 0 bridgehead atoms. The fraction of sp³-hybridized carbons (Fsp3) is 0.476. The Balaban J connectivity index is 1.63. The highest BCUT2D eigenvalue weighted by atomic mass is 32.2. The Bertz CT molecular complexity index is 991. The molecule has 1 saturated carbocycles. The molecule has 3 aromatic rings. The minimum atomic E-state index is -0.209. The van der Waals surface area contributed by atoms with Crippen molar-refractivity contribution in [3.63, 3.8) is 0 Å². The highest BCUT2D eigenvalue weighted by molar-refractivity contribution is 8.00.